The molecule has 2 aromatic rings. The van der Waals surface area contributed by atoms with Gasteiger partial charge in [0.05, 0.1) is 23.1 Å². The largest absolute Gasteiger partial charge is 0.351 e. The van der Waals surface area contributed by atoms with Gasteiger partial charge in [-0.15, -0.1) is 0 Å². The molecule has 4 nitrogen and oxygen atoms in total. The summed E-state index contributed by atoms with van der Waals surface area (Å²) in [4.78, 5) is 16.3. The predicted molar refractivity (Wildman–Crippen MR) is 91.7 cm³/mol. The Morgan fingerprint density at radius 1 is 1.27 bits per heavy atom. The third-order valence-electron chi connectivity index (χ3n) is 3.71. The van der Waals surface area contributed by atoms with Crippen molar-refractivity contribution in [3.63, 3.8) is 0 Å². The Hall–Kier alpha value is -1.70. The molecule has 114 valence electrons. The van der Waals surface area contributed by atoms with Gasteiger partial charge in [-0.3, -0.25) is 9.78 Å². The fraction of sp³-hybridized carbons (Fsp3) is 0.250. The maximum absolute atomic E-state index is 14.0. The Kier molecular flexibility index (Phi) is 4.56. The van der Waals surface area contributed by atoms with Crippen molar-refractivity contribution in [2.24, 2.45) is 0 Å². The van der Waals surface area contributed by atoms with Crippen LogP contribution in [0.15, 0.2) is 36.7 Å². The highest BCUT2D eigenvalue weighted by atomic mass is 127. The third-order valence-corrected chi connectivity index (χ3v) is 4.38. The highest BCUT2D eigenvalue weighted by Gasteiger charge is 2.21. The van der Waals surface area contributed by atoms with Crippen LogP contribution < -0.4 is 10.6 Å². The molecular weight excluding hydrogens is 396 g/mol. The SMILES string of the molecule is O=C(NC1CCC1)c1ccncc1Nc1ccc(I)cc1F. The number of hydrogen-bond acceptors (Lipinski definition) is 3. The molecule has 0 aliphatic heterocycles. The summed E-state index contributed by atoms with van der Waals surface area (Å²) in [5.41, 5.74) is 1.30. The number of carbonyl (C=O) groups is 1. The summed E-state index contributed by atoms with van der Waals surface area (Å²) in [6.07, 6.45) is 6.29. The molecule has 1 aromatic heterocycles. The second kappa shape index (κ2) is 6.60. The van der Waals surface area contributed by atoms with E-state index in [9.17, 15) is 9.18 Å². The molecule has 0 atom stereocenters. The zero-order valence-electron chi connectivity index (χ0n) is 11.8. The quantitative estimate of drug-likeness (QED) is 0.752. The first kappa shape index (κ1) is 15.2. The van der Waals surface area contributed by atoms with E-state index in [1.54, 1.807) is 24.4 Å². The lowest BCUT2D eigenvalue weighted by Crippen LogP contribution is -2.39. The monoisotopic (exact) mass is 411 g/mol. The Morgan fingerprint density at radius 3 is 2.77 bits per heavy atom. The van der Waals surface area contributed by atoms with Gasteiger partial charge in [0.15, 0.2) is 0 Å². The zero-order valence-corrected chi connectivity index (χ0v) is 13.9. The Balaban J connectivity index is 1.82. The fourth-order valence-corrected chi connectivity index (χ4v) is 2.70. The minimum Gasteiger partial charge on any atom is -0.351 e. The highest BCUT2D eigenvalue weighted by molar-refractivity contribution is 14.1. The van der Waals surface area contributed by atoms with Gasteiger partial charge in [0.1, 0.15) is 5.82 Å². The van der Waals surface area contributed by atoms with E-state index in [1.165, 1.54) is 12.3 Å². The number of carbonyl (C=O) groups excluding carboxylic acids is 1. The molecule has 1 aliphatic carbocycles. The van der Waals surface area contributed by atoms with Crippen molar-refractivity contribution in [3.05, 3.63) is 51.6 Å². The number of hydrogen-bond donors (Lipinski definition) is 2. The minimum absolute atomic E-state index is 0.152. The average Bonchev–Trinajstić information content (AvgIpc) is 2.46. The van der Waals surface area contributed by atoms with E-state index < -0.39 is 0 Å². The van der Waals surface area contributed by atoms with Gasteiger partial charge in [0.25, 0.3) is 5.91 Å². The molecule has 2 N–H and O–H groups in total. The third kappa shape index (κ3) is 3.37. The number of pyridine rings is 1. The van der Waals surface area contributed by atoms with Crippen molar-refractivity contribution < 1.29 is 9.18 Å². The molecule has 3 rings (SSSR count). The first-order valence-electron chi connectivity index (χ1n) is 7.10. The van der Waals surface area contributed by atoms with E-state index in [0.29, 0.717) is 16.9 Å². The molecule has 6 heteroatoms. The molecule has 0 radical (unpaired) electrons. The molecule has 22 heavy (non-hydrogen) atoms. The second-order valence-electron chi connectivity index (χ2n) is 5.27. The van der Waals surface area contributed by atoms with Crippen molar-refractivity contribution in [2.45, 2.75) is 25.3 Å². The minimum atomic E-state index is -0.360. The molecule has 1 heterocycles. The van der Waals surface area contributed by atoms with E-state index >= 15 is 0 Å². The Morgan fingerprint density at radius 2 is 2.09 bits per heavy atom. The number of amides is 1. The number of benzene rings is 1. The van der Waals surface area contributed by atoms with Crippen LogP contribution in [-0.2, 0) is 0 Å². The van der Waals surface area contributed by atoms with Gasteiger partial charge in [-0.25, -0.2) is 4.39 Å². The Bertz CT molecular complexity index is 704. The number of nitrogens with one attached hydrogen (secondary N) is 2. The van der Waals surface area contributed by atoms with Crippen LogP contribution in [-0.4, -0.2) is 16.9 Å². The molecule has 0 saturated heterocycles. The molecule has 1 aromatic carbocycles. The van der Waals surface area contributed by atoms with Crippen LogP contribution in [0.3, 0.4) is 0 Å². The lowest BCUT2D eigenvalue weighted by atomic mass is 9.93. The zero-order chi connectivity index (χ0) is 15.5. The number of aromatic nitrogens is 1. The van der Waals surface area contributed by atoms with Crippen molar-refractivity contribution in [2.75, 3.05) is 5.32 Å². The number of halogens is 2. The number of nitrogens with zero attached hydrogens (tertiary/aromatic N) is 1. The van der Waals surface area contributed by atoms with Crippen molar-refractivity contribution >= 4 is 39.9 Å². The first-order valence-corrected chi connectivity index (χ1v) is 8.18. The number of anilines is 2. The van der Waals surface area contributed by atoms with E-state index in [4.69, 9.17) is 0 Å². The number of rotatable bonds is 4. The van der Waals surface area contributed by atoms with E-state index in [-0.39, 0.29) is 17.8 Å². The summed E-state index contributed by atoms with van der Waals surface area (Å²) in [5.74, 6) is -0.512. The van der Waals surface area contributed by atoms with E-state index in [2.05, 4.69) is 38.2 Å². The van der Waals surface area contributed by atoms with Crippen molar-refractivity contribution in [1.29, 1.82) is 0 Å². The van der Waals surface area contributed by atoms with Crippen LogP contribution in [0.25, 0.3) is 0 Å². The van der Waals surface area contributed by atoms with E-state index in [0.717, 1.165) is 22.8 Å². The molecule has 1 aliphatic rings. The molecule has 1 amide bonds. The molecule has 0 spiro atoms. The topological polar surface area (TPSA) is 54.0 Å². The molecule has 0 bridgehead atoms. The summed E-state index contributed by atoms with van der Waals surface area (Å²) in [7, 11) is 0. The predicted octanol–water partition coefficient (Wildman–Crippen LogP) is 3.85. The summed E-state index contributed by atoms with van der Waals surface area (Å²) in [6, 6.07) is 6.78. The van der Waals surface area contributed by atoms with E-state index in [1.807, 2.05) is 0 Å². The van der Waals surface area contributed by atoms with Crippen LogP contribution in [0, 0.1) is 9.39 Å². The van der Waals surface area contributed by atoms with Crippen LogP contribution in [0.4, 0.5) is 15.8 Å². The molecule has 1 saturated carbocycles. The van der Waals surface area contributed by atoms with Crippen molar-refractivity contribution in [3.8, 4) is 0 Å². The van der Waals surface area contributed by atoms with Crippen LogP contribution in [0.5, 0.6) is 0 Å². The van der Waals surface area contributed by atoms with Gasteiger partial charge in [-0.2, -0.15) is 0 Å². The van der Waals surface area contributed by atoms with Gasteiger partial charge in [-0.05, 0) is 66.1 Å². The Labute approximate surface area is 141 Å². The highest BCUT2D eigenvalue weighted by Crippen LogP contribution is 2.25. The molecule has 0 unspecified atom stereocenters. The maximum Gasteiger partial charge on any atom is 0.253 e. The normalized spacial score (nSPS) is 14.3. The van der Waals surface area contributed by atoms with Gasteiger partial charge in [-0.1, -0.05) is 0 Å². The van der Waals surface area contributed by atoms with Crippen LogP contribution >= 0.6 is 22.6 Å². The lowest BCUT2D eigenvalue weighted by Gasteiger charge is -2.26. The second-order valence-corrected chi connectivity index (χ2v) is 6.52. The fourth-order valence-electron chi connectivity index (χ4n) is 2.24. The summed E-state index contributed by atoms with van der Waals surface area (Å²) >= 11 is 2.05. The van der Waals surface area contributed by atoms with Gasteiger partial charge in [0.2, 0.25) is 0 Å². The summed E-state index contributed by atoms with van der Waals surface area (Å²) < 4.78 is 14.8. The van der Waals surface area contributed by atoms with Gasteiger partial charge >= 0.3 is 0 Å². The summed E-state index contributed by atoms with van der Waals surface area (Å²) in [5, 5.41) is 5.94. The van der Waals surface area contributed by atoms with Crippen LogP contribution in [0.1, 0.15) is 29.6 Å². The standard InChI is InChI=1S/C16H15FIN3O/c17-13-8-10(18)4-5-14(13)21-15-9-19-7-6-12(15)16(22)20-11-2-1-3-11/h4-9,11,21H,1-3H2,(H,20,22). The van der Waals surface area contributed by atoms with Crippen LogP contribution in [0.2, 0.25) is 0 Å². The summed E-state index contributed by atoms with van der Waals surface area (Å²) in [6.45, 7) is 0. The first-order chi connectivity index (χ1) is 10.6. The maximum atomic E-state index is 14.0. The average molecular weight is 411 g/mol. The smallest absolute Gasteiger partial charge is 0.253 e. The molecule has 1 fully saturated rings. The van der Waals surface area contributed by atoms with Gasteiger partial charge in [0, 0.05) is 15.8 Å². The van der Waals surface area contributed by atoms with Gasteiger partial charge < -0.3 is 10.6 Å². The molecular formula is C16H15FIN3O. The lowest BCUT2D eigenvalue weighted by molar-refractivity contribution is 0.0917. The van der Waals surface area contributed by atoms with Crippen molar-refractivity contribution in [1.82, 2.24) is 10.3 Å².